The predicted molar refractivity (Wildman–Crippen MR) is 119 cm³/mol. The van der Waals surface area contributed by atoms with Crippen LogP contribution in [0.1, 0.15) is 86.7 Å². The van der Waals surface area contributed by atoms with E-state index in [0.717, 1.165) is 23.5 Å². The molecule has 5 heteroatoms. The van der Waals surface area contributed by atoms with Crippen molar-refractivity contribution in [2.24, 2.45) is 17.1 Å². The third-order valence-electron chi connectivity index (χ3n) is 6.93. The van der Waals surface area contributed by atoms with Crippen molar-refractivity contribution in [2.45, 2.75) is 90.2 Å². The first-order valence-electron chi connectivity index (χ1n) is 11.3. The van der Waals surface area contributed by atoms with E-state index in [-0.39, 0.29) is 0 Å². The van der Waals surface area contributed by atoms with Gasteiger partial charge in [-0.1, -0.05) is 57.2 Å². The van der Waals surface area contributed by atoms with Gasteiger partial charge < -0.3 is 16.2 Å². The van der Waals surface area contributed by atoms with Gasteiger partial charge in [0.2, 0.25) is 5.91 Å². The molecule has 162 valence electrons. The van der Waals surface area contributed by atoms with Gasteiger partial charge in [-0.3, -0.25) is 4.79 Å². The highest BCUT2D eigenvalue weighted by molar-refractivity contribution is 6.34. The number of aliphatic hydroxyl groups is 1. The minimum absolute atomic E-state index is 0.332. The number of halogens is 1. The van der Waals surface area contributed by atoms with Crippen molar-refractivity contribution >= 4 is 17.5 Å². The minimum atomic E-state index is -0.470. The zero-order valence-corrected chi connectivity index (χ0v) is 18.7. The van der Waals surface area contributed by atoms with Crippen LogP contribution in [-0.4, -0.2) is 29.7 Å². The van der Waals surface area contributed by atoms with Crippen molar-refractivity contribution in [1.29, 1.82) is 0 Å². The summed E-state index contributed by atoms with van der Waals surface area (Å²) in [4.78, 5) is 12.0. The molecule has 2 aliphatic carbocycles. The molecule has 29 heavy (non-hydrogen) atoms. The number of hydrogen-bond acceptors (Lipinski definition) is 3. The maximum absolute atomic E-state index is 12.0. The SMILES string of the molecule is CC(C)NC[C@@H](O)CCc1cc(CC23CCCC(CCC2)C3)c(Cl)c(C(N)=O)c1. The molecule has 1 aromatic rings. The summed E-state index contributed by atoms with van der Waals surface area (Å²) in [5.74, 6) is 0.390. The summed E-state index contributed by atoms with van der Waals surface area (Å²) in [6.45, 7) is 4.71. The Hall–Kier alpha value is -1.10. The van der Waals surface area contributed by atoms with Gasteiger partial charge in [0.05, 0.1) is 16.7 Å². The van der Waals surface area contributed by atoms with Crippen LogP contribution in [0, 0.1) is 11.3 Å². The fraction of sp³-hybridized carbons (Fsp3) is 0.708. The number of carbonyl (C=O) groups is 1. The second kappa shape index (κ2) is 9.80. The largest absolute Gasteiger partial charge is 0.392 e. The molecule has 0 radical (unpaired) electrons. The lowest BCUT2D eigenvalue weighted by molar-refractivity contribution is 0.0774. The first kappa shape index (κ1) is 22.6. The van der Waals surface area contributed by atoms with Crippen molar-refractivity contribution < 1.29 is 9.90 Å². The number of aryl methyl sites for hydroxylation is 1. The molecule has 0 aromatic heterocycles. The van der Waals surface area contributed by atoms with Gasteiger partial charge in [-0.15, -0.1) is 0 Å². The van der Waals surface area contributed by atoms with E-state index >= 15 is 0 Å². The molecular weight excluding hydrogens is 384 g/mol. The highest BCUT2D eigenvalue weighted by Crippen LogP contribution is 2.51. The Morgan fingerprint density at radius 2 is 2.00 bits per heavy atom. The second-order valence-electron chi connectivity index (χ2n) is 9.77. The monoisotopic (exact) mass is 420 g/mol. The number of carbonyl (C=O) groups excluding carboxylic acids is 1. The van der Waals surface area contributed by atoms with Crippen LogP contribution in [0.15, 0.2) is 12.1 Å². The molecule has 1 amide bonds. The van der Waals surface area contributed by atoms with Crippen molar-refractivity contribution in [3.8, 4) is 0 Å². The van der Waals surface area contributed by atoms with Gasteiger partial charge in [0.15, 0.2) is 0 Å². The van der Waals surface area contributed by atoms with E-state index in [1.165, 1.54) is 44.9 Å². The lowest BCUT2D eigenvalue weighted by Gasteiger charge is -2.45. The van der Waals surface area contributed by atoms with Gasteiger partial charge in [-0.2, -0.15) is 0 Å². The molecule has 4 nitrogen and oxygen atoms in total. The number of nitrogens with two attached hydrogens (primary N) is 1. The highest BCUT2D eigenvalue weighted by atomic mass is 35.5. The van der Waals surface area contributed by atoms with E-state index in [1.807, 2.05) is 6.07 Å². The van der Waals surface area contributed by atoms with E-state index in [9.17, 15) is 9.90 Å². The van der Waals surface area contributed by atoms with Gasteiger partial charge >= 0.3 is 0 Å². The summed E-state index contributed by atoms with van der Waals surface area (Å²) in [5.41, 5.74) is 8.50. The van der Waals surface area contributed by atoms with Crippen molar-refractivity contribution in [3.63, 3.8) is 0 Å². The number of rotatable bonds is 9. The number of aliphatic hydroxyl groups excluding tert-OH is 1. The fourth-order valence-corrected chi connectivity index (χ4v) is 5.75. The average molecular weight is 421 g/mol. The summed E-state index contributed by atoms with van der Waals surface area (Å²) in [5, 5.41) is 14.1. The van der Waals surface area contributed by atoms with Crippen LogP contribution in [0.2, 0.25) is 5.02 Å². The molecule has 1 aromatic carbocycles. The maximum atomic E-state index is 12.0. The molecular formula is C24H37ClN2O2. The summed E-state index contributed by atoms with van der Waals surface area (Å²) in [6, 6.07) is 4.32. The summed E-state index contributed by atoms with van der Waals surface area (Å²) >= 11 is 6.66. The smallest absolute Gasteiger partial charge is 0.250 e. The Morgan fingerprint density at radius 1 is 1.31 bits per heavy atom. The maximum Gasteiger partial charge on any atom is 0.250 e. The zero-order chi connectivity index (χ0) is 21.0. The normalized spacial score (nSPS) is 25.2. The van der Waals surface area contributed by atoms with Crippen LogP contribution in [0.4, 0.5) is 0 Å². The van der Waals surface area contributed by atoms with E-state index in [1.54, 1.807) is 0 Å². The molecule has 1 atom stereocenters. The first-order chi connectivity index (χ1) is 13.8. The van der Waals surface area contributed by atoms with Crippen molar-refractivity contribution in [1.82, 2.24) is 5.32 Å². The van der Waals surface area contributed by atoms with E-state index in [4.69, 9.17) is 17.3 Å². The molecule has 2 fully saturated rings. The molecule has 2 aliphatic rings. The van der Waals surface area contributed by atoms with Gasteiger partial charge in [0.1, 0.15) is 0 Å². The van der Waals surface area contributed by atoms with Gasteiger partial charge in [0, 0.05) is 12.6 Å². The lowest BCUT2D eigenvalue weighted by atomic mass is 9.60. The summed E-state index contributed by atoms with van der Waals surface area (Å²) < 4.78 is 0. The Kier molecular flexibility index (Phi) is 7.63. The third-order valence-corrected chi connectivity index (χ3v) is 7.37. The van der Waals surface area contributed by atoms with Crippen molar-refractivity contribution in [2.75, 3.05) is 6.54 Å². The molecule has 2 bridgehead atoms. The van der Waals surface area contributed by atoms with Crippen LogP contribution in [0.5, 0.6) is 0 Å². The van der Waals surface area contributed by atoms with Crippen LogP contribution in [-0.2, 0) is 12.8 Å². The van der Waals surface area contributed by atoms with Gasteiger partial charge in [-0.25, -0.2) is 0 Å². The van der Waals surface area contributed by atoms with E-state index in [0.29, 0.717) is 41.4 Å². The van der Waals surface area contributed by atoms with Crippen LogP contribution >= 0.6 is 11.6 Å². The van der Waals surface area contributed by atoms with E-state index in [2.05, 4.69) is 25.2 Å². The van der Waals surface area contributed by atoms with Gasteiger partial charge in [0.25, 0.3) is 0 Å². The number of primary amides is 1. The number of hydrogen-bond donors (Lipinski definition) is 3. The molecule has 3 rings (SSSR count). The number of fused-ring (bicyclic) bond motifs is 2. The Bertz CT molecular complexity index is 709. The van der Waals surface area contributed by atoms with E-state index < -0.39 is 12.0 Å². The van der Waals surface area contributed by atoms with Crippen LogP contribution in [0.3, 0.4) is 0 Å². The number of amides is 1. The van der Waals surface area contributed by atoms with Crippen LogP contribution in [0.25, 0.3) is 0 Å². The molecule has 4 N–H and O–H groups in total. The Balaban J connectivity index is 1.76. The highest BCUT2D eigenvalue weighted by Gasteiger charge is 2.39. The quantitative estimate of drug-likeness (QED) is 0.545. The topological polar surface area (TPSA) is 75.3 Å². The lowest BCUT2D eigenvalue weighted by Crippen LogP contribution is -2.35. The molecule has 0 unspecified atom stereocenters. The molecule has 2 saturated carbocycles. The third kappa shape index (κ3) is 5.96. The summed E-state index contributed by atoms with van der Waals surface area (Å²) in [7, 11) is 0. The first-order valence-corrected chi connectivity index (χ1v) is 11.7. The second-order valence-corrected chi connectivity index (χ2v) is 10.1. The molecule has 0 spiro atoms. The molecule has 0 heterocycles. The average Bonchev–Trinajstić information content (AvgIpc) is 2.66. The van der Waals surface area contributed by atoms with Crippen LogP contribution < -0.4 is 11.1 Å². The predicted octanol–water partition coefficient (Wildman–Crippen LogP) is 4.63. The summed E-state index contributed by atoms with van der Waals surface area (Å²) in [6.07, 6.45) is 11.0. The standard InChI is InChI=1S/C24H37ClN2O2/c1-16(2)27-15-20(28)8-7-18-11-19(22(25)21(12-18)23(26)29)14-24-9-3-5-17(13-24)6-4-10-24/h11-12,16-17,20,27-28H,3-10,13-15H2,1-2H3,(H2,26,29)/t17?,20-,24?/m0/s1. The Labute approximate surface area is 180 Å². The molecule has 0 aliphatic heterocycles. The zero-order valence-electron chi connectivity index (χ0n) is 18.0. The molecule has 0 saturated heterocycles. The minimum Gasteiger partial charge on any atom is -0.392 e. The van der Waals surface area contributed by atoms with Crippen molar-refractivity contribution in [3.05, 3.63) is 33.8 Å². The van der Waals surface area contributed by atoms with Gasteiger partial charge in [-0.05, 0) is 67.1 Å². The Morgan fingerprint density at radius 3 is 2.62 bits per heavy atom. The number of benzene rings is 1. The fourth-order valence-electron chi connectivity index (χ4n) is 5.48. The number of nitrogens with one attached hydrogen (secondary N) is 1.